The van der Waals surface area contributed by atoms with Crippen molar-refractivity contribution >= 4 is 5.97 Å². The molecule has 1 fully saturated rings. The number of carbonyl (C=O) groups is 1. The van der Waals surface area contributed by atoms with Gasteiger partial charge in [0.25, 0.3) is 0 Å². The number of esters is 1. The number of aliphatic hydroxyl groups excluding tert-OH is 1. The van der Waals surface area contributed by atoms with Gasteiger partial charge in [-0.05, 0) is 31.6 Å². The van der Waals surface area contributed by atoms with E-state index in [1.165, 1.54) is 19.1 Å². The summed E-state index contributed by atoms with van der Waals surface area (Å²) in [7, 11) is 1.42. The van der Waals surface area contributed by atoms with Crippen LogP contribution < -0.4 is 0 Å². The molecular formula is C15H25NO3. The molecule has 0 radical (unpaired) electrons. The van der Waals surface area contributed by atoms with Crippen LogP contribution in [0.1, 0.15) is 33.1 Å². The van der Waals surface area contributed by atoms with E-state index in [0.29, 0.717) is 24.8 Å². The molecule has 0 aromatic rings. The number of aliphatic hydroxyl groups is 1. The van der Waals surface area contributed by atoms with Crippen LogP contribution in [0.25, 0.3) is 0 Å². The minimum atomic E-state index is -0.410. The molecule has 0 spiro atoms. The lowest BCUT2D eigenvalue weighted by atomic mass is 9.79. The molecule has 1 saturated heterocycles. The summed E-state index contributed by atoms with van der Waals surface area (Å²) in [6.07, 6.45) is 4.77. The largest absolute Gasteiger partial charge is 0.468 e. The van der Waals surface area contributed by atoms with Gasteiger partial charge in [0.1, 0.15) is 6.04 Å². The highest BCUT2D eigenvalue weighted by Crippen LogP contribution is 2.32. The predicted octanol–water partition coefficient (Wildman–Crippen LogP) is 1.59. The summed E-state index contributed by atoms with van der Waals surface area (Å²) in [6, 6.07) is -0.276. The molecule has 0 amide bonds. The van der Waals surface area contributed by atoms with E-state index in [0.717, 1.165) is 13.0 Å². The zero-order valence-electron chi connectivity index (χ0n) is 12.1. The molecule has 2 aliphatic rings. The van der Waals surface area contributed by atoms with E-state index in [-0.39, 0.29) is 12.0 Å². The number of β-amino-alcohol motifs (C(OH)–C–C–N with tert-alkyl or cyclic N) is 1. The summed E-state index contributed by atoms with van der Waals surface area (Å²) in [5, 5.41) is 9.81. The molecule has 1 heterocycles. The second-order valence-corrected chi connectivity index (χ2v) is 5.99. The van der Waals surface area contributed by atoms with Crippen molar-refractivity contribution in [1.82, 2.24) is 4.90 Å². The van der Waals surface area contributed by atoms with Gasteiger partial charge in [-0.3, -0.25) is 9.69 Å². The number of likely N-dealkylation sites (tertiary alicyclic amines) is 1. The van der Waals surface area contributed by atoms with E-state index in [1.807, 2.05) is 0 Å². The number of methoxy groups -OCH3 is 1. The summed E-state index contributed by atoms with van der Waals surface area (Å²) >= 11 is 0. The maximum absolute atomic E-state index is 11.8. The Morgan fingerprint density at radius 1 is 1.58 bits per heavy atom. The number of carbonyl (C=O) groups excluding carboxylic acids is 1. The number of hydrogen-bond acceptors (Lipinski definition) is 4. The molecule has 4 nitrogen and oxygen atoms in total. The first-order valence-corrected chi connectivity index (χ1v) is 7.19. The second kappa shape index (κ2) is 6.06. The Hall–Kier alpha value is -0.870. The lowest BCUT2D eigenvalue weighted by molar-refractivity contribution is -0.146. The molecule has 4 heteroatoms. The Balaban J connectivity index is 2.06. The van der Waals surface area contributed by atoms with Crippen LogP contribution in [0.4, 0.5) is 0 Å². The Bertz CT molecular complexity index is 366. The van der Waals surface area contributed by atoms with Gasteiger partial charge in [-0.1, -0.05) is 18.6 Å². The van der Waals surface area contributed by atoms with Gasteiger partial charge in [0.2, 0.25) is 0 Å². The third-order valence-corrected chi connectivity index (χ3v) is 4.65. The lowest BCUT2D eigenvalue weighted by Gasteiger charge is -2.34. The molecule has 0 bridgehead atoms. The van der Waals surface area contributed by atoms with Crippen LogP contribution in [0.2, 0.25) is 0 Å². The van der Waals surface area contributed by atoms with Gasteiger partial charge < -0.3 is 9.84 Å². The Morgan fingerprint density at radius 3 is 2.95 bits per heavy atom. The molecule has 4 atom stereocenters. The summed E-state index contributed by atoms with van der Waals surface area (Å²) in [5.41, 5.74) is 1.42. The van der Waals surface area contributed by atoms with E-state index >= 15 is 0 Å². The summed E-state index contributed by atoms with van der Waals surface area (Å²) in [5.74, 6) is 0.911. The highest BCUT2D eigenvalue weighted by molar-refractivity contribution is 5.76. The molecule has 0 aromatic carbocycles. The van der Waals surface area contributed by atoms with E-state index in [9.17, 15) is 9.90 Å². The maximum atomic E-state index is 11.8. The van der Waals surface area contributed by atoms with Gasteiger partial charge >= 0.3 is 5.97 Å². The smallest absolute Gasteiger partial charge is 0.323 e. The molecule has 0 unspecified atom stereocenters. The lowest BCUT2D eigenvalue weighted by Crippen LogP contribution is -2.41. The van der Waals surface area contributed by atoms with Crippen molar-refractivity contribution in [2.75, 3.05) is 20.2 Å². The van der Waals surface area contributed by atoms with Crippen molar-refractivity contribution in [3.63, 3.8) is 0 Å². The highest BCUT2D eigenvalue weighted by Gasteiger charge is 2.38. The van der Waals surface area contributed by atoms with Gasteiger partial charge in [0.05, 0.1) is 13.2 Å². The van der Waals surface area contributed by atoms with Gasteiger partial charge in [-0.15, -0.1) is 0 Å². The standard InChI is InChI=1S/C15H25NO3/c1-10-5-4-6-11(2)13(10)9-16-8-12(17)7-14(16)15(18)19-3/h5,11-14,17H,4,6-9H2,1-3H3/t11-,12+,13-,14-/m0/s1. The van der Waals surface area contributed by atoms with Crippen LogP contribution >= 0.6 is 0 Å². The first-order chi connectivity index (χ1) is 9.02. The zero-order valence-corrected chi connectivity index (χ0v) is 12.1. The van der Waals surface area contributed by atoms with Crippen LogP contribution in [-0.4, -0.2) is 48.3 Å². The number of hydrogen-bond donors (Lipinski definition) is 1. The molecule has 0 aromatic heterocycles. The van der Waals surface area contributed by atoms with E-state index in [1.54, 1.807) is 0 Å². The van der Waals surface area contributed by atoms with Crippen molar-refractivity contribution in [3.8, 4) is 0 Å². The van der Waals surface area contributed by atoms with E-state index in [4.69, 9.17) is 4.74 Å². The molecular weight excluding hydrogens is 242 g/mol. The van der Waals surface area contributed by atoms with Crippen LogP contribution in [-0.2, 0) is 9.53 Å². The van der Waals surface area contributed by atoms with Crippen molar-refractivity contribution in [2.24, 2.45) is 11.8 Å². The topological polar surface area (TPSA) is 49.8 Å². The Labute approximate surface area is 115 Å². The van der Waals surface area contributed by atoms with Crippen molar-refractivity contribution < 1.29 is 14.6 Å². The molecule has 1 N–H and O–H groups in total. The van der Waals surface area contributed by atoms with Crippen LogP contribution in [0.5, 0.6) is 0 Å². The number of rotatable bonds is 3. The number of nitrogens with zero attached hydrogens (tertiary/aromatic N) is 1. The third-order valence-electron chi connectivity index (χ3n) is 4.65. The molecule has 0 saturated carbocycles. The van der Waals surface area contributed by atoms with Crippen LogP contribution in [0.3, 0.4) is 0 Å². The second-order valence-electron chi connectivity index (χ2n) is 5.99. The van der Waals surface area contributed by atoms with Gasteiger partial charge in [-0.2, -0.15) is 0 Å². The summed E-state index contributed by atoms with van der Waals surface area (Å²) < 4.78 is 4.85. The molecule has 2 rings (SSSR count). The molecule has 19 heavy (non-hydrogen) atoms. The van der Waals surface area contributed by atoms with Gasteiger partial charge in [-0.25, -0.2) is 0 Å². The minimum absolute atomic E-state index is 0.221. The Morgan fingerprint density at radius 2 is 2.32 bits per heavy atom. The highest BCUT2D eigenvalue weighted by atomic mass is 16.5. The maximum Gasteiger partial charge on any atom is 0.323 e. The van der Waals surface area contributed by atoms with Gasteiger partial charge in [0.15, 0.2) is 0 Å². The normalized spacial score (nSPS) is 36.1. The molecule has 1 aliphatic heterocycles. The number of allylic oxidation sites excluding steroid dienone is 1. The fourth-order valence-electron chi connectivity index (χ4n) is 3.41. The quantitative estimate of drug-likeness (QED) is 0.623. The fourth-order valence-corrected chi connectivity index (χ4v) is 3.41. The van der Waals surface area contributed by atoms with Crippen LogP contribution in [0.15, 0.2) is 11.6 Å². The molecule has 1 aliphatic carbocycles. The van der Waals surface area contributed by atoms with Crippen molar-refractivity contribution in [3.05, 3.63) is 11.6 Å². The first-order valence-electron chi connectivity index (χ1n) is 7.19. The Kier molecular flexibility index (Phi) is 4.63. The monoisotopic (exact) mass is 267 g/mol. The average Bonchev–Trinajstić information content (AvgIpc) is 2.74. The fraction of sp³-hybridized carbons (Fsp3) is 0.800. The van der Waals surface area contributed by atoms with E-state index in [2.05, 4.69) is 24.8 Å². The van der Waals surface area contributed by atoms with E-state index < -0.39 is 6.10 Å². The predicted molar refractivity (Wildman–Crippen MR) is 73.6 cm³/mol. The average molecular weight is 267 g/mol. The SMILES string of the molecule is COC(=O)[C@@H]1C[C@@H](O)CN1C[C@H]1C(C)=CCC[C@@H]1C. The zero-order chi connectivity index (χ0) is 14.0. The minimum Gasteiger partial charge on any atom is -0.468 e. The van der Waals surface area contributed by atoms with Crippen LogP contribution in [0, 0.1) is 11.8 Å². The third kappa shape index (κ3) is 3.18. The number of ether oxygens (including phenoxy) is 1. The van der Waals surface area contributed by atoms with Gasteiger partial charge in [0, 0.05) is 19.5 Å². The summed E-state index contributed by atoms with van der Waals surface area (Å²) in [4.78, 5) is 13.9. The van der Waals surface area contributed by atoms with Crippen molar-refractivity contribution in [1.29, 1.82) is 0 Å². The first kappa shape index (κ1) is 14.5. The molecule has 108 valence electrons. The van der Waals surface area contributed by atoms with Crippen molar-refractivity contribution in [2.45, 2.75) is 45.3 Å². The summed E-state index contributed by atoms with van der Waals surface area (Å²) in [6.45, 7) is 5.89.